The molecule has 1 unspecified atom stereocenters. The molecule has 324 valence electrons. The van der Waals surface area contributed by atoms with Crippen LogP contribution in [0.2, 0.25) is 0 Å². The van der Waals surface area contributed by atoms with E-state index in [4.69, 9.17) is 14.2 Å². The molecule has 0 bridgehead atoms. The Morgan fingerprint density at radius 3 is 1.09 bits per heavy atom. The van der Waals surface area contributed by atoms with E-state index in [-0.39, 0.29) is 31.1 Å². The molecule has 0 spiro atoms. The van der Waals surface area contributed by atoms with Gasteiger partial charge in [-0.25, -0.2) is 0 Å². The molecular weight excluding hydrogens is 697 g/mol. The summed E-state index contributed by atoms with van der Waals surface area (Å²) in [6.45, 7) is 6.50. The summed E-state index contributed by atoms with van der Waals surface area (Å²) >= 11 is 0. The van der Waals surface area contributed by atoms with Crippen molar-refractivity contribution in [1.29, 1.82) is 0 Å². The minimum atomic E-state index is -0.781. The highest BCUT2D eigenvalue weighted by atomic mass is 16.6. The van der Waals surface area contributed by atoms with E-state index in [9.17, 15) is 14.4 Å². The number of allylic oxidation sites excluding steroid dienone is 8. The molecule has 56 heavy (non-hydrogen) atoms. The summed E-state index contributed by atoms with van der Waals surface area (Å²) in [7, 11) is 0. The predicted octanol–water partition coefficient (Wildman–Crippen LogP) is 15.1. The van der Waals surface area contributed by atoms with E-state index in [2.05, 4.69) is 69.4 Å². The minimum Gasteiger partial charge on any atom is -0.462 e. The third kappa shape index (κ3) is 42.5. The van der Waals surface area contributed by atoms with Crippen LogP contribution in [0.25, 0.3) is 0 Å². The highest BCUT2D eigenvalue weighted by molar-refractivity contribution is 5.71. The number of unbranched alkanes of at least 4 members (excludes halogenated alkanes) is 23. The van der Waals surface area contributed by atoms with Crippen LogP contribution in [0.1, 0.15) is 233 Å². The predicted molar refractivity (Wildman–Crippen MR) is 238 cm³/mol. The highest BCUT2D eigenvalue weighted by Crippen LogP contribution is 2.14. The van der Waals surface area contributed by atoms with Crippen LogP contribution in [-0.2, 0) is 28.6 Å². The molecule has 0 aromatic carbocycles. The molecule has 0 aromatic heterocycles. The smallest absolute Gasteiger partial charge is 0.306 e. The van der Waals surface area contributed by atoms with Crippen LogP contribution in [0.3, 0.4) is 0 Å². The van der Waals surface area contributed by atoms with E-state index in [1.807, 2.05) is 0 Å². The first kappa shape index (κ1) is 53.4. The molecule has 0 aromatic rings. The van der Waals surface area contributed by atoms with Gasteiger partial charge in [-0.3, -0.25) is 14.4 Å². The van der Waals surface area contributed by atoms with E-state index in [1.54, 1.807) is 0 Å². The summed E-state index contributed by atoms with van der Waals surface area (Å²) in [5, 5.41) is 0. The highest BCUT2D eigenvalue weighted by Gasteiger charge is 2.19. The summed E-state index contributed by atoms with van der Waals surface area (Å²) in [5.74, 6) is -0.911. The lowest BCUT2D eigenvalue weighted by Gasteiger charge is -2.18. The molecule has 0 amide bonds. The van der Waals surface area contributed by atoms with Gasteiger partial charge in [-0.05, 0) is 77.0 Å². The maximum absolute atomic E-state index is 12.7. The summed E-state index contributed by atoms with van der Waals surface area (Å²) in [6, 6.07) is 0. The van der Waals surface area contributed by atoms with Gasteiger partial charge in [0, 0.05) is 19.3 Å². The van der Waals surface area contributed by atoms with Crippen molar-refractivity contribution in [2.24, 2.45) is 0 Å². The van der Waals surface area contributed by atoms with Crippen molar-refractivity contribution in [2.45, 2.75) is 239 Å². The van der Waals surface area contributed by atoms with Gasteiger partial charge in [-0.15, -0.1) is 0 Å². The van der Waals surface area contributed by atoms with Crippen molar-refractivity contribution in [3.05, 3.63) is 48.6 Å². The number of hydrogen-bond acceptors (Lipinski definition) is 6. The van der Waals surface area contributed by atoms with Crippen molar-refractivity contribution >= 4 is 17.9 Å². The van der Waals surface area contributed by atoms with Gasteiger partial charge in [-0.2, -0.15) is 0 Å². The second-order valence-electron chi connectivity index (χ2n) is 15.7. The molecule has 1 atom stereocenters. The van der Waals surface area contributed by atoms with Gasteiger partial charge in [0.2, 0.25) is 0 Å². The van der Waals surface area contributed by atoms with Gasteiger partial charge in [0.1, 0.15) is 13.2 Å². The molecule has 0 saturated heterocycles. The third-order valence-electron chi connectivity index (χ3n) is 10.0. The number of carbonyl (C=O) groups excluding carboxylic acids is 3. The molecule has 6 nitrogen and oxygen atoms in total. The fourth-order valence-electron chi connectivity index (χ4n) is 6.45. The summed E-state index contributed by atoms with van der Waals surface area (Å²) in [6.07, 6.45) is 52.3. The van der Waals surface area contributed by atoms with Crippen LogP contribution in [-0.4, -0.2) is 37.2 Å². The quantitative estimate of drug-likeness (QED) is 0.0265. The molecular formula is C50H88O6. The van der Waals surface area contributed by atoms with Gasteiger partial charge in [0.15, 0.2) is 6.10 Å². The topological polar surface area (TPSA) is 78.9 Å². The van der Waals surface area contributed by atoms with E-state index in [1.165, 1.54) is 83.5 Å². The molecule has 6 heteroatoms. The van der Waals surface area contributed by atoms with Gasteiger partial charge in [-0.1, -0.05) is 185 Å². The lowest BCUT2D eigenvalue weighted by molar-refractivity contribution is -0.167. The van der Waals surface area contributed by atoms with Crippen LogP contribution in [0, 0.1) is 0 Å². The van der Waals surface area contributed by atoms with Crippen molar-refractivity contribution in [3.8, 4) is 0 Å². The van der Waals surface area contributed by atoms with Crippen LogP contribution in [0.15, 0.2) is 48.6 Å². The second kappa shape index (κ2) is 45.1. The fraction of sp³-hybridized carbons (Fsp3) is 0.780. The Hall–Kier alpha value is -2.63. The molecule has 0 rings (SSSR count). The zero-order valence-corrected chi connectivity index (χ0v) is 36.9. The monoisotopic (exact) mass is 785 g/mol. The van der Waals surface area contributed by atoms with E-state index in [0.29, 0.717) is 19.3 Å². The third-order valence-corrected chi connectivity index (χ3v) is 10.0. The first-order valence-corrected chi connectivity index (χ1v) is 23.6. The standard InChI is InChI=1S/C50H88O6/c1-4-7-10-13-16-19-22-24-25-27-28-31-34-37-40-43-49(52)55-46-47(45-54-48(51)42-39-36-33-30-21-18-15-12-9-6-3)56-50(53)44-41-38-35-32-29-26-23-20-17-14-11-8-5-2/h11,14,16,19-20,23-25,47H,4-10,12-13,15,17-18,21-22,26-46H2,1-3H3/b14-11-,19-16-,23-20-,25-24-. The molecule has 0 fully saturated rings. The van der Waals surface area contributed by atoms with Crippen LogP contribution >= 0.6 is 0 Å². The molecule has 0 saturated carbocycles. The Kier molecular flexibility index (Phi) is 43.0. The molecule has 0 radical (unpaired) electrons. The largest absolute Gasteiger partial charge is 0.462 e. The van der Waals surface area contributed by atoms with Gasteiger partial charge in [0.05, 0.1) is 0 Å². The normalized spacial score (nSPS) is 12.4. The average Bonchev–Trinajstić information content (AvgIpc) is 3.19. The number of rotatable bonds is 42. The number of carbonyl (C=O) groups is 3. The Balaban J connectivity index is 4.40. The maximum Gasteiger partial charge on any atom is 0.306 e. The second-order valence-corrected chi connectivity index (χ2v) is 15.7. The van der Waals surface area contributed by atoms with Gasteiger partial charge < -0.3 is 14.2 Å². The van der Waals surface area contributed by atoms with E-state index >= 15 is 0 Å². The zero-order chi connectivity index (χ0) is 40.8. The van der Waals surface area contributed by atoms with E-state index in [0.717, 1.165) is 109 Å². The fourth-order valence-corrected chi connectivity index (χ4v) is 6.45. The zero-order valence-electron chi connectivity index (χ0n) is 36.9. The lowest BCUT2D eigenvalue weighted by Crippen LogP contribution is -2.30. The van der Waals surface area contributed by atoms with Crippen LogP contribution in [0.5, 0.6) is 0 Å². The first-order chi connectivity index (χ1) is 27.5. The van der Waals surface area contributed by atoms with Crippen molar-refractivity contribution in [1.82, 2.24) is 0 Å². The van der Waals surface area contributed by atoms with E-state index < -0.39 is 6.10 Å². The number of esters is 3. The van der Waals surface area contributed by atoms with Crippen molar-refractivity contribution < 1.29 is 28.6 Å². The molecule has 0 heterocycles. The van der Waals surface area contributed by atoms with Crippen LogP contribution < -0.4 is 0 Å². The maximum atomic E-state index is 12.7. The SMILES string of the molecule is CCC/C=C\C/C=C\CCCCCCCC(=O)OC(COC(=O)CCCCCCC/C=C\C/C=C\CCCCC)COC(=O)CCCCCCCCCCCC. The van der Waals surface area contributed by atoms with Crippen molar-refractivity contribution in [2.75, 3.05) is 13.2 Å². The van der Waals surface area contributed by atoms with Gasteiger partial charge in [0.25, 0.3) is 0 Å². The lowest BCUT2D eigenvalue weighted by atomic mass is 10.1. The Morgan fingerprint density at radius 2 is 0.679 bits per heavy atom. The first-order valence-electron chi connectivity index (χ1n) is 23.6. The molecule has 0 aliphatic rings. The number of ether oxygens (including phenoxy) is 3. The minimum absolute atomic E-state index is 0.0821. The van der Waals surface area contributed by atoms with Crippen LogP contribution in [0.4, 0.5) is 0 Å². The summed E-state index contributed by atoms with van der Waals surface area (Å²) in [5.41, 5.74) is 0. The molecule has 0 aliphatic carbocycles. The Bertz CT molecular complexity index is 996. The summed E-state index contributed by atoms with van der Waals surface area (Å²) < 4.78 is 16.7. The Morgan fingerprint density at radius 1 is 0.357 bits per heavy atom. The number of hydrogen-bond donors (Lipinski definition) is 0. The molecule has 0 aliphatic heterocycles. The molecule has 0 N–H and O–H groups in total. The summed E-state index contributed by atoms with van der Waals surface area (Å²) in [4.78, 5) is 37.8. The van der Waals surface area contributed by atoms with Crippen molar-refractivity contribution in [3.63, 3.8) is 0 Å². The van der Waals surface area contributed by atoms with Gasteiger partial charge >= 0.3 is 17.9 Å². The Labute approximate surface area is 346 Å². The average molecular weight is 785 g/mol.